The SMILES string of the molecule is COc1ccc(CNS(=O)(=O)c2ccc3[nH]ccc3c2)cc1. The monoisotopic (exact) mass is 316 g/mol. The fraction of sp³-hybridized carbons (Fsp3) is 0.125. The van der Waals surface area contributed by atoms with Gasteiger partial charge < -0.3 is 9.72 Å². The summed E-state index contributed by atoms with van der Waals surface area (Å²) in [6, 6.07) is 14.1. The second kappa shape index (κ2) is 5.82. The van der Waals surface area contributed by atoms with Crippen LogP contribution in [0.1, 0.15) is 5.56 Å². The van der Waals surface area contributed by atoms with Crippen molar-refractivity contribution < 1.29 is 13.2 Å². The Kier molecular flexibility index (Phi) is 3.87. The van der Waals surface area contributed by atoms with Crippen LogP contribution in [0.4, 0.5) is 0 Å². The van der Waals surface area contributed by atoms with Crippen molar-refractivity contribution in [3.05, 3.63) is 60.3 Å². The fourth-order valence-corrected chi connectivity index (χ4v) is 3.26. The van der Waals surface area contributed by atoms with Gasteiger partial charge in [0.05, 0.1) is 12.0 Å². The van der Waals surface area contributed by atoms with Gasteiger partial charge in [0.1, 0.15) is 5.75 Å². The lowest BCUT2D eigenvalue weighted by molar-refractivity contribution is 0.414. The summed E-state index contributed by atoms with van der Waals surface area (Å²) in [6.07, 6.45) is 1.78. The number of aromatic amines is 1. The Balaban J connectivity index is 1.77. The molecule has 0 aliphatic heterocycles. The third kappa shape index (κ3) is 2.98. The van der Waals surface area contributed by atoms with Crippen LogP contribution in [0.15, 0.2) is 59.6 Å². The lowest BCUT2D eigenvalue weighted by Gasteiger charge is -2.08. The molecule has 1 heterocycles. The number of benzene rings is 2. The molecule has 0 saturated carbocycles. The summed E-state index contributed by atoms with van der Waals surface area (Å²) in [6.45, 7) is 0.234. The molecule has 0 bridgehead atoms. The molecule has 114 valence electrons. The summed E-state index contributed by atoms with van der Waals surface area (Å²) in [4.78, 5) is 3.30. The van der Waals surface area contributed by atoms with E-state index in [4.69, 9.17) is 4.74 Å². The van der Waals surface area contributed by atoms with Crippen LogP contribution >= 0.6 is 0 Å². The van der Waals surface area contributed by atoms with Crippen molar-refractivity contribution in [2.24, 2.45) is 0 Å². The Morgan fingerprint density at radius 3 is 2.59 bits per heavy atom. The Hall–Kier alpha value is -2.31. The van der Waals surface area contributed by atoms with Crippen LogP contribution in [0.3, 0.4) is 0 Å². The van der Waals surface area contributed by atoms with Gasteiger partial charge in [-0.15, -0.1) is 0 Å². The first-order chi connectivity index (χ1) is 10.6. The zero-order valence-corrected chi connectivity index (χ0v) is 12.9. The first kappa shape index (κ1) is 14.6. The molecular weight excluding hydrogens is 300 g/mol. The molecule has 3 aromatic rings. The number of ether oxygens (including phenoxy) is 1. The highest BCUT2D eigenvalue weighted by molar-refractivity contribution is 7.89. The summed E-state index contributed by atoms with van der Waals surface area (Å²) in [5, 5.41) is 0.868. The van der Waals surface area contributed by atoms with Gasteiger partial charge in [-0.2, -0.15) is 0 Å². The molecule has 0 aliphatic rings. The van der Waals surface area contributed by atoms with E-state index >= 15 is 0 Å². The number of hydrogen-bond acceptors (Lipinski definition) is 3. The standard InChI is InChI=1S/C16H16N2O3S/c1-21-14-4-2-12(3-5-14)11-18-22(19,20)15-6-7-16-13(10-15)8-9-17-16/h2-10,17-18H,11H2,1H3. The second-order valence-electron chi connectivity index (χ2n) is 4.90. The third-order valence-corrected chi connectivity index (χ3v) is 4.86. The van der Waals surface area contributed by atoms with Gasteiger partial charge in [0, 0.05) is 23.6 Å². The van der Waals surface area contributed by atoms with E-state index in [1.807, 2.05) is 18.2 Å². The lowest BCUT2D eigenvalue weighted by Crippen LogP contribution is -2.23. The number of nitrogens with one attached hydrogen (secondary N) is 2. The van der Waals surface area contributed by atoms with Gasteiger partial charge in [-0.3, -0.25) is 0 Å². The van der Waals surface area contributed by atoms with E-state index < -0.39 is 10.0 Å². The van der Waals surface area contributed by atoms with Crippen LogP contribution in [0.25, 0.3) is 10.9 Å². The van der Waals surface area contributed by atoms with Gasteiger partial charge in [-0.1, -0.05) is 12.1 Å². The van der Waals surface area contributed by atoms with Gasteiger partial charge in [-0.25, -0.2) is 13.1 Å². The van der Waals surface area contributed by atoms with Crippen LogP contribution in [0.5, 0.6) is 5.75 Å². The van der Waals surface area contributed by atoms with Crippen LogP contribution in [0, 0.1) is 0 Å². The normalized spacial score (nSPS) is 11.7. The maximum Gasteiger partial charge on any atom is 0.240 e. The van der Waals surface area contributed by atoms with E-state index in [2.05, 4.69) is 9.71 Å². The summed E-state index contributed by atoms with van der Waals surface area (Å²) in [5.74, 6) is 0.740. The van der Waals surface area contributed by atoms with Crippen molar-refractivity contribution in [1.29, 1.82) is 0 Å². The minimum Gasteiger partial charge on any atom is -0.497 e. The Morgan fingerprint density at radius 1 is 1.09 bits per heavy atom. The van der Waals surface area contributed by atoms with Crippen molar-refractivity contribution >= 4 is 20.9 Å². The quantitative estimate of drug-likeness (QED) is 0.760. The van der Waals surface area contributed by atoms with E-state index in [0.29, 0.717) is 0 Å². The first-order valence-corrected chi connectivity index (χ1v) is 8.26. The van der Waals surface area contributed by atoms with Gasteiger partial charge in [0.15, 0.2) is 0 Å². The van der Waals surface area contributed by atoms with E-state index in [9.17, 15) is 8.42 Å². The molecule has 2 N–H and O–H groups in total. The van der Waals surface area contributed by atoms with Gasteiger partial charge in [0.25, 0.3) is 0 Å². The minimum atomic E-state index is -3.54. The molecule has 0 amide bonds. The average Bonchev–Trinajstić information content (AvgIpc) is 3.01. The number of fused-ring (bicyclic) bond motifs is 1. The number of rotatable bonds is 5. The number of hydrogen-bond donors (Lipinski definition) is 2. The third-order valence-electron chi connectivity index (χ3n) is 3.46. The van der Waals surface area contributed by atoms with Crippen molar-refractivity contribution in [2.75, 3.05) is 7.11 Å². The fourth-order valence-electron chi connectivity index (χ4n) is 2.20. The zero-order chi connectivity index (χ0) is 15.6. The van der Waals surface area contributed by atoms with Crippen molar-refractivity contribution in [3.63, 3.8) is 0 Å². The molecule has 6 heteroatoms. The average molecular weight is 316 g/mol. The summed E-state index contributed by atoms with van der Waals surface area (Å²) < 4.78 is 32.4. The van der Waals surface area contributed by atoms with Gasteiger partial charge in [-0.05, 0) is 42.0 Å². The van der Waals surface area contributed by atoms with Crippen LogP contribution in [-0.4, -0.2) is 20.5 Å². The molecule has 2 aromatic carbocycles. The van der Waals surface area contributed by atoms with Crippen LogP contribution in [0.2, 0.25) is 0 Å². The van der Waals surface area contributed by atoms with Crippen molar-refractivity contribution in [1.82, 2.24) is 9.71 Å². The van der Waals surface area contributed by atoms with E-state index in [-0.39, 0.29) is 11.4 Å². The van der Waals surface area contributed by atoms with E-state index in [1.54, 1.807) is 43.6 Å². The summed E-state index contributed by atoms with van der Waals surface area (Å²) in [5.41, 5.74) is 1.78. The Labute approximate surface area is 129 Å². The molecule has 0 unspecified atom stereocenters. The van der Waals surface area contributed by atoms with Crippen molar-refractivity contribution in [3.8, 4) is 5.75 Å². The highest BCUT2D eigenvalue weighted by Gasteiger charge is 2.14. The van der Waals surface area contributed by atoms with Gasteiger partial charge >= 0.3 is 0 Å². The second-order valence-corrected chi connectivity index (χ2v) is 6.67. The molecule has 3 rings (SSSR count). The molecule has 0 fully saturated rings. The maximum atomic E-state index is 12.3. The highest BCUT2D eigenvalue weighted by atomic mass is 32.2. The molecule has 1 aromatic heterocycles. The predicted octanol–water partition coefficient (Wildman–Crippen LogP) is 2.66. The van der Waals surface area contributed by atoms with Gasteiger partial charge in [0.2, 0.25) is 10.0 Å². The van der Waals surface area contributed by atoms with Crippen LogP contribution < -0.4 is 9.46 Å². The topological polar surface area (TPSA) is 71.2 Å². The smallest absolute Gasteiger partial charge is 0.240 e. The number of H-pyrrole nitrogens is 1. The van der Waals surface area contributed by atoms with Crippen LogP contribution in [-0.2, 0) is 16.6 Å². The molecule has 0 aliphatic carbocycles. The summed E-state index contributed by atoms with van der Waals surface area (Å²) >= 11 is 0. The first-order valence-electron chi connectivity index (χ1n) is 6.78. The summed E-state index contributed by atoms with van der Waals surface area (Å²) in [7, 11) is -1.95. The number of sulfonamides is 1. The maximum absolute atomic E-state index is 12.3. The predicted molar refractivity (Wildman–Crippen MR) is 85.3 cm³/mol. The molecule has 0 radical (unpaired) electrons. The lowest BCUT2D eigenvalue weighted by atomic mass is 10.2. The molecule has 0 atom stereocenters. The molecular formula is C16H16N2O3S. The highest BCUT2D eigenvalue weighted by Crippen LogP contribution is 2.18. The van der Waals surface area contributed by atoms with E-state index in [0.717, 1.165) is 22.2 Å². The van der Waals surface area contributed by atoms with E-state index in [1.165, 1.54) is 0 Å². The zero-order valence-electron chi connectivity index (χ0n) is 12.0. The number of methoxy groups -OCH3 is 1. The molecule has 22 heavy (non-hydrogen) atoms. The Bertz CT molecular complexity index is 883. The molecule has 5 nitrogen and oxygen atoms in total. The Morgan fingerprint density at radius 2 is 1.86 bits per heavy atom. The largest absolute Gasteiger partial charge is 0.497 e. The number of aromatic nitrogens is 1. The van der Waals surface area contributed by atoms with Crippen molar-refractivity contribution in [2.45, 2.75) is 11.4 Å². The molecule has 0 spiro atoms. The minimum absolute atomic E-state index is 0.234. The molecule has 0 saturated heterocycles.